The van der Waals surface area contributed by atoms with Gasteiger partial charge in [-0.25, -0.2) is 4.79 Å². The van der Waals surface area contributed by atoms with Crippen LogP contribution in [0.25, 0.3) is 0 Å². The summed E-state index contributed by atoms with van der Waals surface area (Å²) < 4.78 is 10.4. The van der Waals surface area contributed by atoms with E-state index < -0.39 is 0 Å². The number of esters is 1. The predicted molar refractivity (Wildman–Crippen MR) is 104 cm³/mol. The third kappa shape index (κ3) is 4.84. The highest BCUT2D eigenvalue weighted by atomic mass is 35.5. The summed E-state index contributed by atoms with van der Waals surface area (Å²) in [5.74, 6) is 0.597. The molecule has 0 radical (unpaired) electrons. The number of carbonyl (C=O) groups is 2. The van der Waals surface area contributed by atoms with Crippen LogP contribution in [0.3, 0.4) is 0 Å². The molecule has 3 rings (SSSR count). The summed E-state index contributed by atoms with van der Waals surface area (Å²) in [5, 5.41) is 2.96. The smallest absolute Gasteiger partial charge is 0.318 e. The Bertz CT molecular complexity index is 632. The van der Waals surface area contributed by atoms with E-state index in [-0.39, 0.29) is 42.4 Å². The number of hydrogen-bond acceptors (Lipinski definition) is 5. The molecule has 1 unspecified atom stereocenters. The van der Waals surface area contributed by atoms with Crippen molar-refractivity contribution in [2.45, 2.75) is 37.8 Å². The number of nitrogens with two attached hydrogens (primary N) is 1. The monoisotopic (exact) mass is 397 g/mol. The fraction of sp³-hybridized carbons (Fsp3) is 0.579. The number of methoxy groups -OCH3 is 1. The standard InChI is InChI=1S/C19H27N3O4.ClH/c1-25-18(23)14-2-6-15(7-3-14)22-17(12-21-19(22)24)13-4-8-16(9-5-13)26-11-10-20;/h4-5,8-9,14-15,17H,2-3,6-7,10-12,20H2,1H3,(H,21,24);1H/t14-,15-,17?;. The van der Waals surface area contributed by atoms with Crippen molar-refractivity contribution in [2.75, 3.05) is 26.8 Å². The van der Waals surface area contributed by atoms with Gasteiger partial charge in [0.1, 0.15) is 12.4 Å². The fourth-order valence-corrected chi connectivity index (χ4v) is 3.93. The molecule has 0 aromatic heterocycles. The van der Waals surface area contributed by atoms with Crippen molar-refractivity contribution in [1.82, 2.24) is 10.2 Å². The molecule has 1 saturated heterocycles. The van der Waals surface area contributed by atoms with Gasteiger partial charge in [0.2, 0.25) is 0 Å². The van der Waals surface area contributed by atoms with E-state index in [4.69, 9.17) is 15.2 Å². The summed E-state index contributed by atoms with van der Waals surface area (Å²) >= 11 is 0. The first-order valence-corrected chi connectivity index (χ1v) is 9.21. The van der Waals surface area contributed by atoms with E-state index in [9.17, 15) is 9.59 Å². The zero-order valence-corrected chi connectivity index (χ0v) is 16.4. The SMILES string of the molecule is COC(=O)[C@H]1CC[C@H](N2C(=O)NCC2c2ccc(OCCN)cc2)CC1.Cl. The summed E-state index contributed by atoms with van der Waals surface area (Å²) in [6.45, 7) is 1.56. The molecule has 150 valence electrons. The Morgan fingerprint density at radius 2 is 1.89 bits per heavy atom. The Balaban J connectivity index is 0.00000261. The van der Waals surface area contributed by atoms with E-state index in [2.05, 4.69) is 5.32 Å². The van der Waals surface area contributed by atoms with Gasteiger partial charge in [0.05, 0.1) is 19.1 Å². The zero-order valence-electron chi connectivity index (χ0n) is 15.6. The van der Waals surface area contributed by atoms with Gasteiger partial charge in [-0.3, -0.25) is 4.79 Å². The van der Waals surface area contributed by atoms with E-state index >= 15 is 0 Å². The minimum atomic E-state index is -0.140. The zero-order chi connectivity index (χ0) is 18.5. The molecular formula is C19H28ClN3O4. The number of carbonyl (C=O) groups excluding carboxylic acids is 2. The van der Waals surface area contributed by atoms with Gasteiger partial charge in [-0.05, 0) is 43.4 Å². The average Bonchev–Trinajstić information content (AvgIpc) is 3.07. The Morgan fingerprint density at radius 1 is 1.22 bits per heavy atom. The minimum Gasteiger partial charge on any atom is -0.492 e. The lowest BCUT2D eigenvalue weighted by Gasteiger charge is -2.36. The topological polar surface area (TPSA) is 93.9 Å². The largest absolute Gasteiger partial charge is 0.492 e. The second-order valence-electron chi connectivity index (χ2n) is 6.84. The van der Waals surface area contributed by atoms with Crippen LogP contribution in [-0.4, -0.2) is 49.7 Å². The van der Waals surface area contributed by atoms with Crippen molar-refractivity contribution in [2.24, 2.45) is 11.7 Å². The Morgan fingerprint density at radius 3 is 2.48 bits per heavy atom. The molecule has 7 nitrogen and oxygen atoms in total. The number of benzene rings is 1. The third-order valence-corrected chi connectivity index (χ3v) is 5.29. The van der Waals surface area contributed by atoms with Crippen molar-refractivity contribution in [3.8, 4) is 5.75 Å². The maximum absolute atomic E-state index is 12.4. The molecule has 27 heavy (non-hydrogen) atoms. The number of ether oxygens (including phenoxy) is 2. The molecule has 1 heterocycles. The summed E-state index contributed by atoms with van der Waals surface area (Å²) in [5.41, 5.74) is 6.53. The van der Waals surface area contributed by atoms with Crippen molar-refractivity contribution in [1.29, 1.82) is 0 Å². The van der Waals surface area contributed by atoms with E-state index in [1.807, 2.05) is 29.2 Å². The summed E-state index contributed by atoms with van der Waals surface area (Å²) in [6.07, 6.45) is 3.17. The summed E-state index contributed by atoms with van der Waals surface area (Å²) in [4.78, 5) is 26.1. The highest BCUT2D eigenvalue weighted by Crippen LogP contribution is 2.35. The molecule has 1 saturated carbocycles. The number of rotatable bonds is 6. The van der Waals surface area contributed by atoms with Crippen LogP contribution in [0.5, 0.6) is 5.75 Å². The predicted octanol–water partition coefficient (Wildman–Crippen LogP) is 2.24. The van der Waals surface area contributed by atoms with Crippen LogP contribution in [0.2, 0.25) is 0 Å². The quantitative estimate of drug-likeness (QED) is 0.718. The molecule has 0 bridgehead atoms. The van der Waals surface area contributed by atoms with Crippen LogP contribution in [0.1, 0.15) is 37.3 Å². The Hall–Kier alpha value is -1.99. The van der Waals surface area contributed by atoms with Gasteiger partial charge in [0.15, 0.2) is 0 Å². The number of nitrogens with zero attached hydrogens (tertiary/aromatic N) is 1. The molecule has 2 aliphatic rings. The molecule has 1 aliphatic carbocycles. The third-order valence-electron chi connectivity index (χ3n) is 5.29. The van der Waals surface area contributed by atoms with Gasteiger partial charge < -0.3 is 25.4 Å². The molecule has 0 spiro atoms. The molecule has 8 heteroatoms. The second-order valence-corrected chi connectivity index (χ2v) is 6.84. The van der Waals surface area contributed by atoms with Crippen molar-refractivity contribution in [3.63, 3.8) is 0 Å². The number of amides is 2. The van der Waals surface area contributed by atoms with Gasteiger partial charge in [0.25, 0.3) is 0 Å². The van der Waals surface area contributed by atoms with Crippen LogP contribution < -0.4 is 15.8 Å². The minimum absolute atomic E-state index is 0. The maximum atomic E-state index is 12.4. The Labute approximate surface area is 166 Å². The van der Waals surface area contributed by atoms with Gasteiger partial charge in [-0.15, -0.1) is 12.4 Å². The molecule has 1 aliphatic heterocycles. The number of nitrogens with one attached hydrogen (secondary N) is 1. The van der Waals surface area contributed by atoms with Crippen LogP contribution in [0.15, 0.2) is 24.3 Å². The van der Waals surface area contributed by atoms with Crippen molar-refractivity contribution >= 4 is 24.4 Å². The van der Waals surface area contributed by atoms with Gasteiger partial charge in [-0.2, -0.15) is 0 Å². The molecule has 1 aromatic carbocycles. The first-order valence-electron chi connectivity index (χ1n) is 9.21. The first kappa shape index (κ1) is 21.3. The lowest BCUT2D eigenvalue weighted by molar-refractivity contribution is -0.146. The van der Waals surface area contributed by atoms with Gasteiger partial charge in [0, 0.05) is 19.1 Å². The molecule has 1 atom stereocenters. The van der Waals surface area contributed by atoms with Crippen LogP contribution in [-0.2, 0) is 9.53 Å². The number of halogens is 1. The van der Waals surface area contributed by atoms with Crippen molar-refractivity contribution < 1.29 is 19.1 Å². The van der Waals surface area contributed by atoms with Gasteiger partial charge in [-0.1, -0.05) is 12.1 Å². The summed E-state index contributed by atoms with van der Waals surface area (Å²) in [7, 11) is 1.43. The van der Waals surface area contributed by atoms with E-state index in [0.29, 0.717) is 19.7 Å². The fourth-order valence-electron chi connectivity index (χ4n) is 3.93. The molecule has 2 fully saturated rings. The number of hydrogen-bond donors (Lipinski definition) is 2. The molecule has 3 N–H and O–H groups in total. The van der Waals surface area contributed by atoms with E-state index in [0.717, 1.165) is 37.0 Å². The number of urea groups is 1. The van der Waals surface area contributed by atoms with Gasteiger partial charge >= 0.3 is 12.0 Å². The van der Waals surface area contributed by atoms with Crippen LogP contribution in [0, 0.1) is 5.92 Å². The van der Waals surface area contributed by atoms with E-state index in [1.54, 1.807) is 0 Å². The molecular weight excluding hydrogens is 370 g/mol. The lowest BCUT2D eigenvalue weighted by Crippen LogP contribution is -2.42. The normalized spacial score (nSPS) is 24.7. The van der Waals surface area contributed by atoms with Crippen LogP contribution >= 0.6 is 12.4 Å². The molecule has 2 amide bonds. The van der Waals surface area contributed by atoms with E-state index in [1.165, 1.54) is 7.11 Å². The highest BCUT2D eigenvalue weighted by Gasteiger charge is 2.39. The maximum Gasteiger partial charge on any atom is 0.318 e. The first-order chi connectivity index (χ1) is 12.6. The lowest BCUT2D eigenvalue weighted by atomic mass is 9.84. The summed E-state index contributed by atoms with van der Waals surface area (Å²) in [6, 6.07) is 7.97. The Kier molecular flexibility index (Phi) is 7.74. The molecule has 1 aromatic rings. The average molecular weight is 398 g/mol. The van der Waals surface area contributed by atoms with Crippen molar-refractivity contribution in [3.05, 3.63) is 29.8 Å². The second kappa shape index (κ2) is 9.80. The highest BCUT2D eigenvalue weighted by molar-refractivity contribution is 5.85. The van der Waals surface area contributed by atoms with Crippen LogP contribution in [0.4, 0.5) is 4.79 Å².